The summed E-state index contributed by atoms with van der Waals surface area (Å²) in [4.78, 5) is 11.3. The number of hydrogen-bond acceptors (Lipinski definition) is 5. The zero-order valence-electron chi connectivity index (χ0n) is 9.76. The first-order valence-electron chi connectivity index (χ1n) is 5.07. The van der Waals surface area contributed by atoms with Gasteiger partial charge in [-0.05, 0) is 34.7 Å². The summed E-state index contributed by atoms with van der Waals surface area (Å²) in [6, 6.07) is 4.34. The number of aryl methyl sites for hydroxylation is 1. The summed E-state index contributed by atoms with van der Waals surface area (Å²) in [6.45, 7) is 0. The number of rotatable bonds is 3. The minimum atomic E-state index is -3.77. The fourth-order valence-electron chi connectivity index (χ4n) is 1.26. The number of halogens is 1. The van der Waals surface area contributed by atoms with Gasteiger partial charge in [-0.15, -0.1) is 0 Å². The Labute approximate surface area is 107 Å². The Kier molecular flexibility index (Phi) is 3.30. The van der Waals surface area contributed by atoms with E-state index in [0.717, 1.165) is 45.2 Å². The van der Waals surface area contributed by atoms with Gasteiger partial charge in [-0.25, -0.2) is 17.6 Å². The second kappa shape index (κ2) is 4.76. The lowest BCUT2D eigenvalue weighted by Gasteiger charge is -1.97. The molecule has 7 nitrogen and oxygen atoms in total. The summed E-state index contributed by atoms with van der Waals surface area (Å²) >= 11 is 0. The van der Waals surface area contributed by atoms with Crippen LogP contribution in [0.3, 0.4) is 0 Å². The summed E-state index contributed by atoms with van der Waals surface area (Å²) in [5, 5.41) is 7.66. The molecule has 1 heterocycles. The van der Waals surface area contributed by atoms with Crippen LogP contribution in [0.15, 0.2) is 39.4 Å². The van der Waals surface area contributed by atoms with Gasteiger partial charge in [-0.2, -0.15) is 9.36 Å². The van der Waals surface area contributed by atoms with Gasteiger partial charge in [0, 0.05) is 13.2 Å². The average molecular weight is 284 g/mol. The van der Waals surface area contributed by atoms with Gasteiger partial charge in [0.2, 0.25) is 9.84 Å². The lowest BCUT2D eigenvalue weighted by Crippen LogP contribution is -2.19. The molecule has 0 N–H and O–H groups in total. The van der Waals surface area contributed by atoms with Crippen LogP contribution in [0, 0.1) is 5.82 Å². The second-order valence-electron chi connectivity index (χ2n) is 3.61. The summed E-state index contributed by atoms with van der Waals surface area (Å²) < 4.78 is 38.1. The largest absolute Gasteiger partial charge is 0.367 e. The summed E-state index contributed by atoms with van der Waals surface area (Å²) in [5.41, 5.74) is -0.578. The second-order valence-corrected chi connectivity index (χ2v) is 5.45. The molecule has 0 aliphatic carbocycles. The molecule has 0 aliphatic rings. The first-order valence-corrected chi connectivity index (χ1v) is 6.62. The Morgan fingerprint density at radius 1 is 1.21 bits per heavy atom. The fourth-order valence-corrected chi connectivity index (χ4v) is 2.21. The van der Waals surface area contributed by atoms with Crippen molar-refractivity contribution < 1.29 is 12.8 Å². The highest BCUT2D eigenvalue weighted by atomic mass is 32.2. The summed E-state index contributed by atoms with van der Waals surface area (Å²) in [7, 11) is -2.38. The molecule has 0 spiro atoms. The van der Waals surface area contributed by atoms with Crippen molar-refractivity contribution in [3.8, 4) is 0 Å². The predicted molar refractivity (Wildman–Crippen MR) is 64.2 cm³/mol. The quantitative estimate of drug-likeness (QED) is 0.741. The van der Waals surface area contributed by atoms with Gasteiger partial charge in [0.05, 0.1) is 10.3 Å². The van der Waals surface area contributed by atoms with Crippen LogP contribution in [-0.4, -0.2) is 28.2 Å². The minimum absolute atomic E-state index is 0.0814. The van der Waals surface area contributed by atoms with Gasteiger partial charge in [-0.3, -0.25) is 0 Å². The number of hydrogen-bond donors (Lipinski definition) is 0. The molecule has 0 unspecified atom stereocenters. The number of aromatic nitrogens is 4. The molecule has 0 atom stereocenters. The lowest BCUT2D eigenvalue weighted by atomic mass is 10.4. The van der Waals surface area contributed by atoms with Gasteiger partial charge in [0.1, 0.15) is 5.82 Å². The summed E-state index contributed by atoms with van der Waals surface area (Å²) in [5.74, 6) is -0.534. The van der Waals surface area contributed by atoms with Crippen LogP contribution in [0.1, 0.15) is 0 Å². The van der Waals surface area contributed by atoms with Crippen LogP contribution in [0.5, 0.6) is 0 Å². The maximum absolute atomic E-state index is 12.7. The molecule has 0 saturated heterocycles. The van der Waals surface area contributed by atoms with E-state index in [1.807, 2.05) is 0 Å². The Bertz CT molecular complexity index is 774. The molecular weight excluding hydrogens is 275 g/mol. The summed E-state index contributed by atoms with van der Waals surface area (Å²) in [6.07, 6.45) is 0.980. The third-order valence-corrected chi connectivity index (χ3v) is 3.68. The van der Waals surface area contributed by atoms with E-state index in [2.05, 4.69) is 10.4 Å². The van der Waals surface area contributed by atoms with E-state index in [1.165, 1.54) is 7.05 Å². The number of tetrazole rings is 1. The first-order chi connectivity index (χ1) is 8.90. The Hall–Kier alpha value is -2.29. The maximum Gasteiger partial charge on any atom is 0.367 e. The van der Waals surface area contributed by atoms with Crippen LogP contribution in [-0.2, 0) is 16.9 Å². The zero-order chi connectivity index (χ0) is 14.0. The van der Waals surface area contributed by atoms with Crippen LogP contribution in [0.2, 0.25) is 0 Å². The molecule has 0 radical (unpaired) electrons. The molecule has 19 heavy (non-hydrogen) atoms. The van der Waals surface area contributed by atoms with E-state index < -0.39 is 21.3 Å². The molecule has 0 aliphatic heterocycles. The van der Waals surface area contributed by atoms with Crippen molar-refractivity contribution in [3.63, 3.8) is 0 Å². The molecule has 100 valence electrons. The normalized spacial score (nSPS) is 12.1. The number of nitrogens with zero attached hydrogens (tertiary/aromatic N) is 4. The van der Waals surface area contributed by atoms with Crippen molar-refractivity contribution in [1.29, 1.82) is 0 Å². The van der Waals surface area contributed by atoms with Crippen molar-refractivity contribution in [2.75, 3.05) is 0 Å². The van der Waals surface area contributed by atoms with Crippen LogP contribution in [0.25, 0.3) is 6.20 Å². The van der Waals surface area contributed by atoms with Gasteiger partial charge in [0.25, 0.3) is 0 Å². The highest BCUT2D eigenvalue weighted by Crippen LogP contribution is 2.12. The zero-order valence-corrected chi connectivity index (χ0v) is 10.6. The van der Waals surface area contributed by atoms with E-state index in [9.17, 15) is 17.6 Å². The molecule has 1 aromatic carbocycles. The molecule has 2 aromatic rings. The van der Waals surface area contributed by atoms with E-state index in [4.69, 9.17) is 0 Å². The minimum Gasteiger partial charge on any atom is -0.244 e. The predicted octanol–water partition coefficient (Wildman–Crippen LogP) is 0.0180. The molecule has 0 fully saturated rings. The van der Waals surface area contributed by atoms with Crippen molar-refractivity contribution in [2.45, 2.75) is 4.90 Å². The maximum atomic E-state index is 12.7. The average Bonchev–Trinajstić information content (AvgIpc) is 2.68. The highest BCUT2D eigenvalue weighted by Gasteiger charge is 2.10. The molecule has 1 aromatic heterocycles. The lowest BCUT2D eigenvalue weighted by molar-refractivity contribution is 0.603. The molecule has 9 heteroatoms. The van der Waals surface area contributed by atoms with Crippen molar-refractivity contribution in [2.24, 2.45) is 7.05 Å². The molecule has 0 amide bonds. The molecule has 0 bridgehead atoms. The smallest absolute Gasteiger partial charge is 0.244 e. The Morgan fingerprint density at radius 3 is 2.37 bits per heavy atom. The van der Waals surface area contributed by atoms with Crippen LogP contribution >= 0.6 is 0 Å². The van der Waals surface area contributed by atoms with E-state index >= 15 is 0 Å². The third kappa shape index (κ3) is 2.76. The van der Waals surface area contributed by atoms with Gasteiger partial charge < -0.3 is 0 Å². The van der Waals surface area contributed by atoms with E-state index in [1.54, 1.807) is 0 Å². The first kappa shape index (κ1) is 13.1. The van der Waals surface area contributed by atoms with Crippen molar-refractivity contribution in [3.05, 3.63) is 46.0 Å². The highest BCUT2D eigenvalue weighted by molar-refractivity contribution is 7.94. The standard InChI is InChI=1S/C10H9FN4O3S/c1-14-10(16)15(13-12-14)6-7-19(17,18)9-4-2-8(11)3-5-9/h2-7H,1H3/b7-6+. The van der Waals surface area contributed by atoms with Crippen LogP contribution in [0.4, 0.5) is 4.39 Å². The van der Waals surface area contributed by atoms with E-state index in [0.29, 0.717) is 0 Å². The van der Waals surface area contributed by atoms with Gasteiger partial charge >= 0.3 is 5.69 Å². The fraction of sp³-hybridized carbons (Fsp3) is 0.100. The number of sulfone groups is 1. The SMILES string of the molecule is Cn1nnn(/C=C/S(=O)(=O)c2ccc(F)cc2)c1=O. The third-order valence-electron chi connectivity index (χ3n) is 2.27. The Balaban J connectivity index is 2.34. The van der Waals surface area contributed by atoms with E-state index in [-0.39, 0.29) is 4.90 Å². The topological polar surface area (TPSA) is 86.8 Å². The van der Waals surface area contributed by atoms with Gasteiger partial charge in [0.15, 0.2) is 0 Å². The molecular formula is C10H9FN4O3S. The number of benzene rings is 1. The molecule has 2 rings (SSSR count). The Morgan fingerprint density at radius 2 is 1.84 bits per heavy atom. The van der Waals surface area contributed by atoms with Crippen molar-refractivity contribution in [1.82, 2.24) is 19.8 Å². The monoisotopic (exact) mass is 284 g/mol. The van der Waals surface area contributed by atoms with Crippen molar-refractivity contribution >= 4 is 16.0 Å². The van der Waals surface area contributed by atoms with Crippen LogP contribution < -0.4 is 5.69 Å². The molecule has 0 saturated carbocycles. The van der Waals surface area contributed by atoms with Gasteiger partial charge in [-0.1, -0.05) is 0 Å².